The lowest BCUT2D eigenvalue weighted by Crippen LogP contribution is -2.44. The molecule has 0 aliphatic heterocycles. The maximum Gasteiger partial charge on any atom is 0.0435 e. The standard InChI is InChI=1S/C15H22BrN/c1-2-15(17,12-6-4-3-5-7-12)13-8-10-14(16)11-9-13/h8-12H,2-7,17H2,1H3. The van der Waals surface area contributed by atoms with Gasteiger partial charge < -0.3 is 5.73 Å². The van der Waals surface area contributed by atoms with Gasteiger partial charge >= 0.3 is 0 Å². The molecular weight excluding hydrogens is 274 g/mol. The van der Waals surface area contributed by atoms with E-state index in [2.05, 4.69) is 47.1 Å². The highest BCUT2D eigenvalue weighted by molar-refractivity contribution is 9.10. The van der Waals surface area contributed by atoms with Gasteiger partial charge in [0.15, 0.2) is 0 Å². The molecule has 1 aliphatic carbocycles. The number of rotatable bonds is 3. The van der Waals surface area contributed by atoms with Crippen LogP contribution in [0.15, 0.2) is 28.7 Å². The van der Waals surface area contributed by atoms with Crippen LogP contribution in [0.25, 0.3) is 0 Å². The predicted molar refractivity (Wildman–Crippen MR) is 76.9 cm³/mol. The fraction of sp³-hybridized carbons (Fsp3) is 0.600. The van der Waals surface area contributed by atoms with E-state index in [9.17, 15) is 0 Å². The van der Waals surface area contributed by atoms with E-state index in [1.165, 1.54) is 37.7 Å². The van der Waals surface area contributed by atoms with Crippen molar-refractivity contribution in [1.82, 2.24) is 0 Å². The van der Waals surface area contributed by atoms with E-state index in [1.54, 1.807) is 0 Å². The lowest BCUT2D eigenvalue weighted by molar-refractivity contribution is 0.199. The molecule has 1 fully saturated rings. The number of halogens is 1. The van der Waals surface area contributed by atoms with E-state index in [0.29, 0.717) is 5.92 Å². The third-order valence-corrected chi connectivity index (χ3v) is 4.83. The predicted octanol–water partition coefficient (Wildman–Crippen LogP) is 4.59. The van der Waals surface area contributed by atoms with Crippen molar-refractivity contribution in [1.29, 1.82) is 0 Å². The van der Waals surface area contributed by atoms with E-state index < -0.39 is 0 Å². The first-order chi connectivity index (χ1) is 8.16. The van der Waals surface area contributed by atoms with Crippen molar-refractivity contribution in [3.05, 3.63) is 34.3 Å². The molecule has 0 spiro atoms. The summed E-state index contributed by atoms with van der Waals surface area (Å²) < 4.78 is 1.13. The molecule has 17 heavy (non-hydrogen) atoms. The van der Waals surface area contributed by atoms with Crippen molar-refractivity contribution in [2.45, 2.75) is 51.0 Å². The topological polar surface area (TPSA) is 26.0 Å². The van der Waals surface area contributed by atoms with Crippen LogP contribution in [0.2, 0.25) is 0 Å². The van der Waals surface area contributed by atoms with Crippen molar-refractivity contribution in [2.24, 2.45) is 11.7 Å². The molecule has 0 aromatic heterocycles. The van der Waals surface area contributed by atoms with Gasteiger partial charge in [-0.05, 0) is 42.9 Å². The summed E-state index contributed by atoms with van der Waals surface area (Å²) in [4.78, 5) is 0. The first-order valence-electron chi connectivity index (χ1n) is 6.71. The zero-order valence-corrected chi connectivity index (χ0v) is 12.2. The summed E-state index contributed by atoms with van der Waals surface area (Å²) in [5.74, 6) is 0.655. The monoisotopic (exact) mass is 295 g/mol. The molecule has 1 aromatic rings. The van der Waals surface area contributed by atoms with Crippen molar-refractivity contribution >= 4 is 15.9 Å². The Morgan fingerprint density at radius 1 is 1.18 bits per heavy atom. The summed E-state index contributed by atoms with van der Waals surface area (Å²) in [5.41, 5.74) is 7.91. The Balaban J connectivity index is 2.25. The summed E-state index contributed by atoms with van der Waals surface area (Å²) in [5, 5.41) is 0. The third kappa shape index (κ3) is 2.74. The fourth-order valence-corrected chi connectivity index (χ4v) is 3.37. The summed E-state index contributed by atoms with van der Waals surface area (Å²) in [6, 6.07) is 8.58. The summed E-state index contributed by atoms with van der Waals surface area (Å²) in [7, 11) is 0. The normalized spacial score (nSPS) is 21.1. The van der Waals surface area contributed by atoms with Gasteiger partial charge in [0, 0.05) is 10.0 Å². The SMILES string of the molecule is CCC(N)(c1ccc(Br)cc1)C1CCCCC1. The summed E-state index contributed by atoms with van der Waals surface area (Å²) >= 11 is 3.49. The Morgan fingerprint density at radius 2 is 1.76 bits per heavy atom. The van der Waals surface area contributed by atoms with Crippen LogP contribution in [0, 0.1) is 5.92 Å². The number of benzene rings is 1. The lowest BCUT2D eigenvalue weighted by atomic mass is 9.70. The average molecular weight is 296 g/mol. The van der Waals surface area contributed by atoms with Gasteiger partial charge in [0.05, 0.1) is 0 Å². The molecule has 0 heterocycles. The van der Waals surface area contributed by atoms with Crippen LogP contribution < -0.4 is 5.73 Å². The quantitative estimate of drug-likeness (QED) is 0.867. The second kappa shape index (κ2) is 5.53. The zero-order chi connectivity index (χ0) is 12.3. The molecule has 2 rings (SSSR count). The van der Waals surface area contributed by atoms with E-state index in [0.717, 1.165) is 10.9 Å². The Kier molecular flexibility index (Phi) is 4.26. The molecular formula is C15H22BrN. The van der Waals surface area contributed by atoms with Gasteiger partial charge in [-0.2, -0.15) is 0 Å². The highest BCUT2D eigenvalue weighted by Crippen LogP contribution is 2.39. The Hall–Kier alpha value is -0.340. The molecule has 0 bridgehead atoms. The van der Waals surface area contributed by atoms with Crippen molar-refractivity contribution in [3.8, 4) is 0 Å². The number of nitrogens with two attached hydrogens (primary N) is 1. The van der Waals surface area contributed by atoms with Crippen LogP contribution in [0.5, 0.6) is 0 Å². The van der Waals surface area contributed by atoms with Gasteiger partial charge in [-0.1, -0.05) is 54.2 Å². The van der Waals surface area contributed by atoms with Gasteiger partial charge in [0.2, 0.25) is 0 Å². The zero-order valence-electron chi connectivity index (χ0n) is 10.6. The van der Waals surface area contributed by atoms with Crippen molar-refractivity contribution in [3.63, 3.8) is 0 Å². The van der Waals surface area contributed by atoms with E-state index >= 15 is 0 Å². The molecule has 0 amide bonds. The number of hydrogen-bond donors (Lipinski definition) is 1. The highest BCUT2D eigenvalue weighted by Gasteiger charge is 2.35. The average Bonchev–Trinajstić information content (AvgIpc) is 2.40. The molecule has 1 saturated carbocycles. The van der Waals surface area contributed by atoms with Gasteiger partial charge in [-0.25, -0.2) is 0 Å². The maximum atomic E-state index is 6.73. The largest absolute Gasteiger partial charge is 0.321 e. The second-order valence-electron chi connectivity index (χ2n) is 5.24. The minimum absolute atomic E-state index is 0.124. The number of hydrogen-bond acceptors (Lipinski definition) is 1. The summed E-state index contributed by atoms with van der Waals surface area (Å²) in [6.07, 6.45) is 7.69. The van der Waals surface area contributed by atoms with Gasteiger partial charge in [-0.15, -0.1) is 0 Å². The first-order valence-corrected chi connectivity index (χ1v) is 7.51. The van der Waals surface area contributed by atoms with Crippen molar-refractivity contribution in [2.75, 3.05) is 0 Å². The summed E-state index contributed by atoms with van der Waals surface area (Å²) in [6.45, 7) is 2.22. The molecule has 1 unspecified atom stereocenters. The van der Waals surface area contributed by atoms with Gasteiger partial charge in [0.25, 0.3) is 0 Å². The van der Waals surface area contributed by atoms with Crippen LogP contribution >= 0.6 is 15.9 Å². The lowest BCUT2D eigenvalue weighted by Gasteiger charge is -2.39. The minimum atomic E-state index is -0.124. The third-order valence-electron chi connectivity index (χ3n) is 4.30. The van der Waals surface area contributed by atoms with Crippen LogP contribution in [0.1, 0.15) is 51.0 Å². The maximum absolute atomic E-state index is 6.73. The molecule has 1 nitrogen and oxygen atoms in total. The highest BCUT2D eigenvalue weighted by atomic mass is 79.9. The van der Waals surface area contributed by atoms with E-state index in [1.807, 2.05) is 0 Å². The van der Waals surface area contributed by atoms with Crippen LogP contribution in [0.4, 0.5) is 0 Å². The van der Waals surface area contributed by atoms with Gasteiger partial charge in [0.1, 0.15) is 0 Å². The van der Waals surface area contributed by atoms with Crippen LogP contribution in [0.3, 0.4) is 0 Å². The molecule has 0 saturated heterocycles. The fourth-order valence-electron chi connectivity index (χ4n) is 3.11. The molecule has 2 N–H and O–H groups in total. The molecule has 0 radical (unpaired) electrons. The van der Waals surface area contributed by atoms with Gasteiger partial charge in [-0.3, -0.25) is 0 Å². The molecule has 1 atom stereocenters. The Bertz CT molecular complexity index is 354. The second-order valence-corrected chi connectivity index (χ2v) is 6.15. The molecule has 1 aromatic carbocycles. The Morgan fingerprint density at radius 3 is 2.29 bits per heavy atom. The van der Waals surface area contributed by atoms with Crippen LogP contribution in [-0.4, -0.2) is 0 Å². The van der Waals surface area contributed by atoms with E-state index in [4.69, 9.17) is 5.73 Å². The molecule has 2 heteroatoms. The smallest absolute Gasteiger partial charge is 0.0435 e. The first kappa shape index (κ1) is 13.1. The molecule has 1 aliphatic rings. The van der Waals surface area contributed by atoms with E-state index in [-0.39, 0.29) is 5.54 Å². The van der Waals surface area contributed by atoms with Crippen molar-refractivity contribution < 1.29 is 0 Å². The molecule has 94 valence electrons. The van der Waals surface area contributed by atoms with Crippen LogP contribution in [-0.2, 0) is 5.54 Å². The Labute approximate surface area is 113 Å². The minimum Gasteiger partial charge on any atom is -0.321 e.